The Kier molecular flexibility index (Phi) is 3.22. The lowest BCUT2D eigenvalue weighted by atomic mass is 10.1. The van der Waals surface area contributed by atoms with Crippen molar-refractivity contribution in [2.45, 2.75) is 13.0 Å². The lowest BCUT2D eigenvalue weighted by Crippen LogP contribution is -2.17. The Bertz CT molecular complexity index is 490. The number of para-hydroxylation sites is 1. The first kappa shape index (κ1) is 10.7. The van der Waals surface area contributed by atoms with Crippen molar-refractivity contribution in [3.8, 4) is 0 Å². The van der Waals surface area contributed by atoms with Gasteiger partial charge >= 0.3 is 5.97 Å². The molecule has 2 aromatic rings. The number of hydrogen-bond acceptors (Lipinski definition) is 2. The van der Waals surface area contributed by atoms with Crippen molar-refractivity contribution < 1.29 is 9.90 Å². The fourth-order valence-corrected chi connectivity index (χ4v) is 1.72. The maximum atomic E-state index is 10.3. The Morgan fingerprint density at radius 3 is 3.06 bits per heavy atom. The second kappa shape index (κ2) is 4.81. The third kappa shape index (κ3) is 2.41. The van der Waals surface area contributed by atoms with Crippen molar-refractivity contribution >= 4 is 16.9 Å². The molecular weight excluding hydrogens is 204 g/mol. The van der Waals surface area contributed by atoms with E-state index in [2.05, 4.69) is 10.3 Å². The number of hydrogen-bond donors (Lipinski definition) is 3. The summed E-state index contributed by atoms with van der Waals surface area (Å²) < 4.78 is 0. The topological polar surface area (TPSA) is 65.1 Å². The average molecular weight is 218 g/mol. The first-order valence-electron chi connectivity index (χ1n) is 5.25. The Labute approximate surface area is 93.3 Å². The van der Waals surface area contributed by atoms with Crippen LogP contribution >= 0.6 is 0 Å². The number of nitrogens with one attached hydrogen (secondary N) is 2. The highest BCUT2D eigenvalue weighted by molar-refractivity contribution is 5.82. The summed E-state index contributed by atoms with van der Waals surface area (Å²) >= 11 is 0. The van der Waals surface area contributed by atoms with E-state index < -0.39 is 5.97 Å². The first-order chi connectivity index (χ1) is 7.77. The van der Waals surface area contributed by atoms with Gasteiger partial charge in [-0.2, -0.15) is 0 Å². The quantitative estimate of drug-likeness (QED) is 0.670. The number of aliphatic carboxylic acids is 1. The van der Waals surface area contributed by atoms with Crippen molar-refractivity contribution in [3.63, 3.8) is 0 Å². The first-order valence-corrected chi connectivity index (χ1v) is 5.25. The minimum Gasteiger partial charge on any atom is -0.481 e. The number of benzene rings is 1. The summed E-state index contributed by atoms with van der Waals surface area (Å²) in [5, 5.41) is 12.8. The zero-order chi connectivity index (χ0) is 11.4. The molecule has 1 heterocycles. The Balaban J connectivity index is 1.98. The van der Waals surface area contributed by atoms with E-state index in [9.17, 15) is 4.79 Å². The van der Waals surface area contributed by atoms with Gasteiger partial charge in [-0.3, -0.25) is 4.79 Å². The molecule has 0 spiro atoms. The Morgan fingerprint density at radius 2 is 2.25 bits per heavy atom. The molecule has 0 saturated carbocycles. The molecule has 84 valence electrons. The standard InChI is InChI=1S/C12H14N2O2/c15-11(16)5-6-13-8-10-3-1-2-9-4-7-14-12(9)10/h1-4,7,13-14H,5-6,8H2,(H,15,16). The van der Waals surface area contributed by atoms with Crippen LogP contribution in [0.4, 0.5) is 0 Å². The maximum absolute atomic E-state index is 10.3. The molecule has 2 rings (SSSR count). The summed E-state index contributed by atoms with van der Waals surface area (Å²) in [4.78, 5) is 13.5. The number of aromatic nitrogens is 1. The van der Waals surface area contributed by atoms with Crippen molar-refractivity contribution in [2.75, 3.05) is 6.54 Å². The molecule has 0 saturated heterocycles. The lowest BCUT2D eigenvalue weighted by molar-refractivity contribution is -0.136. The van der Waals surface area contributed by atoms with Crippen LogP contribution in [0.3, 0.4) is 0 Å². The van der Waals surface area contributed by atoms with Gasteiger partial charge in [0.1, 0.15) is 0 Å². The van der Waals surface area contributed by atoms with E-state index in [4.69, 9.17) is 5.11 Å². The fraction of sp³-hybridized carbons (Fsp3) is 0.250. The van der Waals surface area contributed by atoms with E-state index >= 15 is 0 Å². The maximum Gasteiger partial charge on any atom is 0.304 e. The SMILES string of the molecule is O=C(O)CCNCc1cccc2cc[nH]c12. The van der Waals surface area contributed by atoms with Gasteiger partial charge in [-0.05, 0) is 17.0 Å². The van der Waals surface area contributed by atoms with Crippen molar-refractivity contribution in [2.24, 2.45) is 0 Å². The number of fused-ring (bicyclic) bond motifs is 1. The van der Waals surface area contributed by atoms with Gasteiger partial charge in [-0.25, -0.2) is 0 Å². The van der Waals surface area contributed by atoms with E-state index in [0.29, 0.717) is 13.1 Å². The van der Waals surface area contributed by atoms with Crippen LogP contribution in [0.15, 0.2) is 30.5 Å². The van der Waals surface area contributed by atoms with Gasteiger partial charge in [-0.1, -0.05) is 18.2 Å². The van der Waals surface area contributed by atoms with Gasteiger partial charge in [0.05, 0.1) is 6.42 Å². The third-order valence-electron chi connectivity index (χ3n) is 2.50. The molecule has 1 aromatic carbocycles. The molecule has 0 aliphatic heterocycles. The molecule has 0 radical (unpaired) electrons. The number of aromatic amines is 1. The molecule has 16 heavy (non-hydrogen) atoms. The minimum absolute atomic E-state index is 0.153. The van der Waals surface area contributed by atoms with Gasteiger partial charge in [0.15, 0.2) is 0 Å². The smallest absolute Gasteiger partial charge is 0.304 e. The number of carbonyl (C=O) groups is 1. The van der Waals surface area contributed by atoms with Gasteiger partial charge in [0.25, 0.3) is 0 Å². The van der Waals surface area contributed by atoms with Gasteiger partial charge < -0.3 is 15.4 Å². The van der Waals surface area contributed by atoms with Gasteiger partial charge in [-0.15, -0.1) is 0 Å². The average Bonchev–Trinajstić information content (AvgIpc) is 2.72. The molecule has 0 unspecified atom stereocenters. The van der Waals surface area contributed by atoms with Crippen LogP contribution in [0.1, 0.15) is 12.0 Å². The molecule has 0 aliphatic rings. The van der Waals surface area contributed by atoms with E-state index in [1.165, 1.54) is 5.39 Å². The van der Waals surface area contributed by atoms with Crippen LogP contribution in [0.2, 0.25) is 0 Å². The summed E-state index contributed by atoms with van der Waals surface area (Å²) in [5.41, 5.74) is 2.28. The molecule has 0 amide bonds. The van der Waals surface area contributed by atoms with E-state index in [1.54, 1.807) is 0 Å². The molecule has 0 aliphatic carbocycles. The summed E-state index contributed by atoms with van der Waals surface area (Å²) in [5.74, 6) is -0.773. The Hall–Kier alpha value is -1.81. The zero-order valence-electron chi connectivity index (χ0n) is 8.86. The lowest BCUT2D eigenvalue weighted by Gasteiger charge is -2.04. The largest absolute Gasteiger partial charge is 0.481 e. The van der Waals surface area contributed by atoms with Gasteiger partial charge in [0.2, 0.25) is 0 Å². The monoisotopic (exact) mass is 218 g/mol. The van der Waals surface area contributed by atoms with Crippen molar-refractivity contribution in [3.05, 3.63) is 36.0 Å². The molecule has 0 bridgehead atoms. The third-order valence-corrected chi connectivity index (χ3v) is 2.50. The number of H-pyrrole nitrogens is 1. The van der Waals surface area contributed by atoms with Crippen molar-refractivity contribution in [1.29, 1.82) is 0 Å². The summed E-state index contributed by atoms with van der Waals surface area (Å²) in [6.45, 7) is 1.18. The highest BCUT2D eigenvalue weighted by Gasteiger charge is 2.01. The predicted molar refractivity (Wildman–Crippen MR) is 62.3 cm³/mol. The van der Waals surface area contributed by atoms with Crippen LogP contribution in [-0.2, 0) is 11.3 Å². The second-order valence-corrected chi connectivity index (χ2v) is 3.68. The van der Waals surface area contributed by atoms with Crippen LogP contribution in [0.25, 0.3) is 10.9 Å². The second-order valence-electron chi connectivity index (χ2n) is 3.68. The summed E-state index contributed by atoms with van der Waals surface area (Å²) in [6.07, 6.45) is 2.06. The summed E-state index contributed by atoms with van der Waals surface area (Å²) in [7, 11) is 0. The Morgan fingerprint density at radius 1 is 1.38 bits per heavy atom. The van der Waals surface area contributed by atoms with Crippen LogP contribution in [0.5, 0.6) is 0 Å². The molecule has 0 fully saturated rings. The highest BCUT2D eigenvalue weighted by Crippen LogP contribution is 2.16. The molecular formula is C12H14N2O2. The van der Waals surface area contributed by atoms with E-state index in [0.717, 1.165) is 11.1 Å². The molecule has 3 N–H and O–H groups in total. The number of carboxylic acids is 1. The summed E-state index contributed by atoms with van der Waals surface area (Å²) in [6, 6.07) is 8.11. The van der Waals surface area contributed by atoms with E-state index in [1.807, 2.05) is 30.5 Å². The highest BCUT2D eigenvalue weighted by atomic mass is 16.4. The normalized spacial score (nSPS) is 10.8. The van der Waals surface area contributed by atoms with E-state index in [-0.39, 0.29) is 6.42 Å². The minimum atomic E-state index is -0.773. The molecule has 0 atom stereocenters. The van der Waals surface area contributed by atoms with Crippen LogP contribution in [-0.4, -0.2) is 22.6 Å². The molecule has 1 aromatic heterocycles. The van der Waals surface area contributed by atoms with Crippen LogP contribution < -0.4 is 5.32 Å². The zero-order valence-corrected chi connectivity index (χ0v) is 8.86. The predicted octanol–water partition coefficient (Wildman–Crippen LogP) is 1.73. The fourth-order valence-electron chi connectivity index (χ4n) is 1.72. The van der Waals surface area contributed by atoms with Gasteiger partial charge in [0, 0.05) is 24.8 Å². The molecule has 4 heteroatoms. The molecule has 4 nitrogen and oxygen atoms in total. The van der Waals surface area contributed by atoms with Crippen molar-refractivity contribution in [1.82, 2.24) is 10.3 Å². The number of rotatable bonds is 5. The van der Waals surface area contributed by atoms with Crippen LogP contribution in [0, 0.1) is 0 Å². The number of carboxylic acid groups (broad SMARTS) is 1.